The predicted molar refractivity (Wildman–Crippen MR) is 111 cm³/mol. The number of piperazine rings is 1. The molecule has 3 rings (SSSR count). The number of carboxylic acid groups (broad SMARTS) is 1. The summed E-state index contributed by atoms with van der Waals surface area (Å²) in [6.45, 7) is 3.29. The fourth-order valence-corrected chi connectivity index (χ4v) is 3.52. The van der Waals surface area contributed by atoms with Gasteiger partial charge in [-0.1, -0.05) is 11.6 Å². The molecule has 1 unspecified atom stereocenters. The van der Waals surface area contributed by atoms with E-state index in [0.29, 0.717) is 31.8 Å². The first-order valence-electron chi connectivity index (χ1n) is 10.0. The van der Waals surface area contributed by atoms with E-state index in [1.54, 1.807) is 13.0 Å². The van der Waals surface area contributed by atoms with Gasteiger partial charge in [-0.3, -0.25) is 4.90 Å². The topological polar surface area (TPSA) is 66.7 Å². The van der Waals surface area contributed by atoms with Gasteiger partial charge in [0.25, 0.3) is 0 Å². The Hall–Kier alpha value is -2.86. The number of aryl methyl sites for hydroxylation is 1. The minimum Gasteiger partial charge on any atom is -0.661 e. The van der Waals surface area contributed by atoms with Crippen LogP contribution in [-0.4, -0.2) is 42.8 Å². The van der Waals surface area contributed by atoms with Crippen molar-refractivity contribution in [2.75, 3.05) is 26.7 Å². The molecule has 12 heteroatoms. The van der Waals surface area contributed by atoms with Crippen molar-refractivity contribution in [1.82, 2.24) is 10.2 Å². The average Bonchev–Trinajstić information content (AvgIpc) is 2.73. The van der Waals surface area contributed by atoms with E-state index in [1.165, 1.54) is 24.1 Å². The van der Waals surface area contributed by atoms with Crippen LogP contribution in [0.25, 0.3) is 5.32 Å². The predicted octanol–water partition coefficient (Wildman–Crippen LogP) is 5.99. The number of halogens is 7. The highest BCUT2D eigenvalue weighted by Crippen LogP contribution is 2.36. The maximum atomic E-state index is 13.0. The first-order valence-corrected chi connectivity index (χ1v) is 10.0. The fourth-order valence-electron chi connectivity index (χ4n) is 3.52. The van der Waals surface area contributed by atoms with Crippen molar-refractivity contribution in [3.63, 3.8) is 0 Å². The number of rotatable bonds is 3. The number of amides is 1. The van der Waals surface area contributed by atoms with Crippen molar-refractivity contribution in [2.45, 2.75) is 31.9 Å². The van der Waals surface area contributed by atoms with E-state index in [2.05, 4.69) is 10.6 Å². The molecule has 1 saturated heterocycles. The van der Waals surface area contributed by atoms with Gasteiger partial charge >= 0.3 is 18.4 Å². The molecule has 1 aliphatic rings. The summed E-state index contributed by atoms with van der Waals surface area (Å²) >= 11 is 0. The Kier molecular flexibility index (Phi) is 8.89. The molecule has 0 radical (unpaired) electrons. The summed E-state index contributed by atoms with van der Waals surface area (Å²) in [6.07, 6.45) is -10.5. The molecule has 0 spiro atoms. The molecule has 1 fully saturated rings. The van der Waals surface area contributed by atoms with Crippen LogP contribution in [0.3, 0.4) is 0 Å². The van der Waals surface area contributed by atoms with Gasteiger partial charge in [-0.05, 0) is 48.4 Å². The third-order valence-corrected chi connectivity index (χ3v) is 5.07. The minimum atomic E-state index is -4.80. The van der Waals surface area contributed by atoms with Crippen LogP contribution in [0.5, 0.6) is 0 Å². The summed E-state index contributed by atoms with van der Waals surface area (Å²) in [7, 11) is 1.31. The molecule has 2 aromatic carbocycles. The highest BCUT2D eigenvalue weighted by molar-refractivity contribution is 5.66. The van der Waals surface area contributed by atoms with Crippen LogP contribution < -0.4 is 5.32 Å². The Labute approximate surface area is 191 Å². The van der Waals surface area contributed by atoms with E-state index in [0.717, 1.165) is 11.1 Å². The summed E-state index contributed by atoms with van der Waals surface area (Å²) in [5.74, 6) is -0.295. The van der Waals surface area contributed by atoms with E-state index in [1.807, 2.05) is 0 Å². The quantitative estimate of drug-likeness (QED) is 0.516. The molecule has 5 nitrogen and oxygen atoms in total. The number of alkyl halides is 6. The summed E-state index contributed by atoms with van der Waals surface area (Å²) in [5, 5.41) is 15.8. The lowest BCUT2D eigenvalue weighted by molar-refractivity contribution is -0.143. The first-order chi connectivity index (χ1) is 15.7. The maximum Gasteiger partial charge on any atom is 0.416 e. The SMILES string of the molecule is C[N-]Cc1cc(C(F)(F)F)cc(C(F)(F)F)c1.Cc1cc(F)ccc1C1CNCCN1C(=O)O. The Balaban J connectivity index is 0.000000240. The van der Waals surface area contributed by atoms with Crippen molar-refractivity contribution in [3.05, 3.63) is 75.3 Å². The Morgan fingerprint density at radius 3 is 2.15 bits per heavy atom. The van der Waals surface area contributed by atoms with Crippen LogP contribution in [-0.2, 0) is 18.9 Å². The van der Waals surface area contributed by atoms with Gasteiger partial charge < -0.3 is 15.7 Å². The van der Waals surface area contributed by atoms with E-state index in [9.17, 15) is 35.5 Å². The zero-order valence-corrected chi connectivity index (χ0v) is 18.3. The molecule has 1 aliphatic heterocycles. The molecule has 188 valence electrons. The van der Waals surface area contributed by atoms with Crippen molar-refractivity contribution in [3.8, 4) is 0 Å². The second-order valence-electron chi connectivity index (χ2n) is 7.59. The monoisotopic (exact) mass is 494 g/mol. The molecule has 34 heavy (non-hydrogen) atoms. The molecule has 1 amide bonds. The summed E-state index contributed by atoms with van der Waals surface area (Å²) in [4.78, 5) is 12.5. The van der Waals surface area contributed by atoms with Crippen molar-refractivity contribution in [1.29, 1.82) is 0 Å². The van der Waals surface area contributed by atoms with E-state index >= 15 is 0 Å². The van der Waals surface area contributed by atoms with Gasteiger partial charge in [0, 0.05) is 19.6 Å². The number of nitrogens with one attached hydrogen (secondary N) is 1. The lowest BCUT2D eigenvalue weighted by atomic mass is 9.98. The van der Waals surface area contributed by atoms with Crippen LogP contribution in [0.15, 0.2) is 36.4 Å². The molecule has 0 aliphatic carbocycles. The third kappa shape index (κ3) is 7.32. The normalized spacial score (nSPS) is 16.6. The Morgan fingerprint density at radius 1 is 1.09 bits per heavy atom. The van der Waals surface area contributed by atoms with E-state index in [4.69, 9.17) is 5.11 Å². The molecule has 1 heterocycles. The van der Waals surface area contributed by atoms with Gasteiger partial charge in [0.05, 0.1) is 17.2 Å². The van der Waals surface area contributed by atoms with Crippen molar-refractivity contribution >= 4 is 6.09 Å². The molecular formula is C22H23F7N3O2-. The molecule has 0 bridgehead atoms. The number of hydrogen-bond donors (Lipinski definition) is 2. The van der Waals surface area contributed by atoms with Crippen molar-refractivity contribution in [2.24, 2.45) is 0 Å². The second kappa shape index (κ2) is 11.0. The summed E-state index contributed by atoms with van der Waals surface area (Å²) < 4.78 is 87.3. The minimum absolute atomic E-state index is 0.0964. The summed E-state index contributed by atoms with van der Waals surface area (Å²) in [5.41, 5.74) is -1.10. The highest BCUT2D eigenvalue weighted by atomic mass is 19.4. The Morgan fingerprint density at radius 2 is 1.68 bits per heavy atom. The van der Waals surface area contributed by atoms with Gasteiger partial charge in [-0.25, -0.2) is 9.18 Å². The number of nitrogens with zero attached hydrogens (tertiary/aromatic N) is 2. The zero-order valence-electron chi connectivity index (χ0n) is 18.3. The molecular weight excluding hydrogens is 471 g/mol. The van der Waals surface area contributed by atoms with Gasteiger partial charge in [0.15, 0.2) is 0 Å². The van der Waals surface area contributed by atoms with Crippen molar-refractivity contribution < 1.29 is 40.6 Å². The first kappa shape index (κ1) is 27.4. The fraction of sp³-hybridized carbons (Fsp3) is 0.409. The largest absolute Gasteiger partial charge is 0.661 e. The molecule has 2 aromatic rings. The zero-order chi connectivity index (χ0) is 25.7. The van der Waals surface area contributed by atoms with E-state index < -0.39 is 29.6 Å². The number of hydrogen-bond acceptors (Lipinski definition) is 2. The number of benzene rings is 2. The van der Waals surface area contributed by atoms with Gasteiger partial charge in [0.1, 0.15) is 5.82 Å². The smallest absolute Gasteiger partial charge is 0.416 e. The molecule has 2 N–H and O–H groups in total. The van der Waals surface area contributed by atoms with Crippen LogP contribution in [0, 0.1) is 12.7 Å². The van der Waals surface area contributed by atoms with Gasteiger partial charge in [0.2, 0.25) is 0 Å². The molecule has 1 atom stereocenters. The Bertz CT molecular complexity index is 961. The van der Waals surface area contributed by atoms with Crippen LogP contribution in [0.2, 0.25) is 0 Å². The third-order valence-electron chi connectivity index (χ3n) is 5.07. The van der Waals surface area contributed by atoms with Crippen LogP contribution in [0.4, 0.5) is 35.5 Å². The standard InChI is InChI=1S/C12H15FN2O2.C10H8F6N/c1-8-6-9(13)2-3-10(8)11-7-14-4-5-15(11)12(16)17;1-17-5-6-2-7(9(11,12)13)4-8(3-6)10(14,15)16/h2-3,6,11,14H,4-5,7H2,1H3,(H,16,17);2-4H,5H2,1H3/q;-1. The lowest BCUT2D eigenvalue weighted by Gasteiger charge is -2.35. The maximum absolute atomic E-state index is 13.0. The van der Waals surface area contributed by atoms with Crippen LogP contribution >= 0.6 is 0 Å². The lowest BCUT2D eigenvalue weighted by Crippen LogP contribution is -2.48. The van der Waals surface area contributed by atoms with E-state index in [-0.39, 0.29) is 30.0 Å². The van der Waals surface area contributed by atoms with Crippen LogP contribution in [0.1, 0.15) is 33.9 Å². The molecule has 0 aromatic heterocycles. The van der Waals surface area contributed by atoms with Gasteiger partial charge in [-0.15, -0.1) is 6.54 Å². The summed E-state index contributed by atoms with van der Waals surface area (Å²) in [6, 6.07) is 5.67. The average molecular weight is 494 g/mol. The number of carbonyl (C=O) groups is 1. The molecule has 0 saturated carbocycles. The van der Waals surface area contributed by atoms with Gasteiger partial charge in [-0.2, -0.15) is 33.4 Å². The second-order valence-corrected chi connectivity index (χ2v) is 7.59. The highest BCUT2D eigenvalue weighted by Gasteiger charge is 2.36.